The number of nitrogens with one attached hydrogen (secondary N) is 1. The Balaban J connectivity index is 1.54. The molecule has 0 heterocycles. The van der Waals surface area contributed by atoms with Gasteiger partial charge in [-0.2, -0.15) is 0 Å². The lowest BCUT2D eigenvalue weighted by Crippen LogP contribution is -2.23. The number of amides is 1. The third-order valence-corrected chi connectivity index (χ3v) is 5.71. The van der Waals surface area contributed by atoms with Crippen LogP contribution in [0.2, 0.25) is 0 Å². The standard InChI is InChI=1S/C27H24BrNO3/c1-2-31-26-24(28)15-22(16-25(26)32-18-19-9-4-3-5-10-19)27(30)29-17-21-13-8-12-20-11-6-7-14-23(20)21/h3-16H,2,17-18H2,1H3,(H,29,30). The molecule has 4 aromatic rings. The molecule has 1 amide bonds. The number of carbonyl (C=O) groups excluding carboxylic acids is 1. The van der Waals surface area contributed by atoms with Gasteiger partial charge in [-0.15, -0.1) is 0 Å². The van der Waals surface area contributed by atoms with Gasteiger partial charge in [-0.25, -0.2) is 0 Å². The number of rotatable bonds is 8. The lowest BCUT2D eigenvalue weighted by Gasteiger charge is -2.16. The highest BCUT2D eigenvalue weighted by molar-refractivity contribution is 9.10. The van der Waals surface area contributed by atoms with E-state index in [9.17, 15) is 4.79 Å². The maximum atomic E-state index is 13.0. The van der Waals surface area contributed by atoms with Crippen LogP contribution in [0.3, 0.4) is 0 Å². The van der Waals surface area contributed by atoms with E-state index in [1.165, 1.54) is 0 Å². The van der Waals surface area contributed by atoms with Gasteiger partial charge in [0.2, 0.25) is 0 Å². The summed E-state index contributed by atoms with van der Waals surface area (Å²) in [7, 11) is 0. The molecule has 0 aromatic heterocycles. The van der Waals surface area contributed by atoms with Crippen molar-refractivity contribution in [3.63, 3.8) is 0 Å². The van der Waals surface area contributed by atoms with Crippen molar-refractivity contribution in [3.8, 4) is 11.5 Å². The molecule has 0 saturated heterocycles. The predicted molar refractivity (Wildman–Crippen MR) is 131 cm³/mol. The van der Waals surface area contributed by atoms with E-state index in [4.69, 9.17) is 9.47 Å². The normalized spacial score (nSPS) is 10.7. The Morgan fingerprint density at radius 1 is 0.906 bits per heavy atom. The second kappa shape index (κ2) is 10.3. The van der Waals surface area contributed by atoms with E-state index in [0.29, 0.717) is 41.3 Å². The predicted octanol–water partition coefficient (Wildman–Crippen LogP) is 6.51. The van der Waals surface area contributed by atoms with E-state index in [1.54, 1.807) is 12.1 Å². The van der Waals surface area contributed by atoms with Crippen LogP contribution in [0.4, 0.5) is 0 Å². The van der Waals surface area contributed by atoms with Crippen molar-refractivity contribution < 1.29 is 14.3 Å². The molecule has 162 valence electrons. The van der Waals surface area contributed by atoms with Gasteiger partial charge in [0.05, 0.1) is 11.1 Å². The molecular formula is C27H24BrNO3. The Morgan fingerprint density at radius 2 is 1.66 bits per heavy atom. The lowest BCUT2D eigenvalue weighted by molar-refractivity contribution is 0.0950. The number of benzene rings is 4. The third kappa shape index (κ3) is 5.11. The molecule has 5 heteroatoms. The van der Waals surface area contributed by atoms with Crippen LogP contribution in [0.5, 0.6) is 11.5 Å². The van der Waals surface area contributed by atoms with Gasteiger partial charge in [0, 0.05) is 12.1 Å². The molecule has 32 heavy (non-hydrogen) atoms. The van der Waals surface area contributed by atoms with E-state index >= 15 is 0 Å². The summed E-state index contributed by atoms with van der Waals surface area (Å²) < 4.78 is 12.5. The molecule has 1 N–H and O–H groups in total. The van der Waals surface area contributed by atoms with Crippen molar-refractivity contribution in [3.05, 3.63) is 106 Å². The van der Waals surface area contributed by atoms with E-state index in [0.717, 1.165) is 21.9 Å². The van der Waals surface area contributed by atoms with Crippen LogP contribution < -0.4 is 14.8 Å². The van der Waals surface area contributed by atoms with Crippen LogP contribution in [0, 0.1) is 0 Å². The molecule has 0 saturated carbocycles. The van der Waals surface area contributed by atoms with E-state index in [2.05, 4.69) is 39.4 Å². The van der Waals surface area contributed by atoms with Gasteiger partial charge in [0.1, 0.15) is 6.61 Å². The molecular weight excluding hydrogens is 466 g/mol. The summed E-state index contributed by atoms with van der Waals surface area (Å²) in [6.45, 7) is 3.23. The molecule has 0 fully saturated rings. The number of halogens is 1. The van der Waals surface area contributed by atoms with Gasteiger partial charge in [0.25, 0.3) is 5.91 Å². The van der Waals surface area contributed by atoms with Crippen molar-refractivity contribution in [1.82, 2.24) is 5.32 Å². The monoisotopic (exact) mass is 489 g/mol. The van der Waals surface area contributed by atoms with Crippen molar-refractivity contribution in [2.24, 2.45) is 0 Å². The van der Waals surface area contributed by atoms with Gasteiger partial charge >= 0.3 is 0 Å². The number of carbonyl (C=O) groups is 1. The highest BCUT2D eigenvalue weighted by Gasteiger charge is 2.16. The number of fused-ring (bicyclic) bond motifs is 1. The zero-order valence-electron chi connectivity index (χ0n) is 17.8. The molecule has 0 spiro atoms. The van der Waals surface area contributed by atoms with Crippen LogP contribution >= 0.6 is 15.9 Å². The number of ether oxygens (including phenoxy) is 2. The minimum Gasteiger partial charge on any atom is -0.489 e. The van der Waals surface area contributed by atoms with Gasteiger partial charge in [-0.3, -0.25) is 4.79 Å². The van der Waals surface area contributed by atoms with Gasteiger partial charge in [0.15, 0.2) is 11.5 Å². The average Bonchev–Trinajstić information content (AvgIpc) is 2.83. The summed E-state index contributed by atoms with van der Waals surface area (Å²) >= 11 is 3.54. The Kier molecular flexibility index (Phi) is 7.07. The minimum absolute atomic E-state index is 0.175. The second-order valence-corrected chi connectivity index (χ2v) is 8.17. The smallest absolute Gasteiger partial charge is 0.251 e. The first-order valence-corrected chi connectivity index (χ1v) is 11.3. The topological polar surface area (TPSA) is 47.6 Å². The fourth-order valence-corrected chi connectivity index (χ4v) is 4.11. The van der Waals surface area contributed by atoms with Crippen LogP contribution in [-0.4, -0.2) is 12.5 Å². The summed E-state index contributed by atoms with van der Waals surface area (Å²) in [5.41, 5.74) is 2.61. The summed E-state index contributed by atoms with van der Waals surface area (Å²) in [6.07, 6.45) is 0. The Hall–Kier alpha value is -3.31. The number of hydrogen-bond donors (Lipinski definition) is 1. The second-order valence-electron chi connectivity index (χ2n) is 7.31. The summed E-state index contributed by atoms with van der Waals surface area (Å²) in [5.74, 6) is 0.945. The Morgan fingerprint density at radius 3 is 2.47 bits per heavy atom. The molecule has 0 bridgehead atoms. The summed E-state index contributed by atoms with van der Waals surface area (Å²) in [5, 5.41) is 5.32. The fraction of sp³-hybridized carbons (Fsp3) is 0.148. The maximum Gasteiger partial charge on any atom is 0.251 e. The molecule has 4 rings (SSSR count). The van der Waals surface area contributed by atoms with Crippen molar-refractivity contribution in [2.75, 3.05) is 6.61 Å². The summed E-state index contributed by atoms with van der Waals surface area (Å²) in [6, 6.07) is 27.7. The highest BCUT2D eigenvalue weighted by atomic mass is 79.9. The molecule has 0 atom stereocenters. The van der Waals surface area contributed by atoms with Gasteiger partial charge in [-0.05, 0) is 56.9 Å². The van der Waals surface area contributed by atoms with Gasteiger partial charge in [-0.1, -0.05) is 72.8 Å². The largest absolute Gasteiger partial charge is 0.489 e. The first-order valence-electron chi connectivity index (χ1n) is 10.5. The molecule has 4 nitrogen and oxygen atoms in total. The van der Waals surface area contributed by atoms with Crippen LogP contribution in [0.15, 0.2) is 89.4 Å². The zero-order valence-corrected chi connectivity index (χ0v) is 19.4. The van der Waals surface area contributed by atoms with E-state index < -0.39 is 0 Å². The van der Waals surface area contributed by atoms with Crippen molar-refractivity contribution in [1.29, 1.82) is 0 Å². The zero-order chi connectivity index (χ0) is 22.3. The first-order chi connectivity index (χ1) is 15.7. The number of hydrogen-bond acceptors (Lipinski definition) is 3. The summed E-state index contributed by atoms with van der Waals surface area (Å²) in [4.78, 5) is 13.0. The highest BCUT2D eigenvalue weighted by Crippen LogP contribution is 2.37. The van der Waals surface area contributed by atoms with Crippen molar-refractivity contribution in [2.45, 2.75) is 20.1 Å². The Labute approximate surface area is 196 Å². The van der Waals surface area contributed by atoms with Crippen molar-refractivity contribution >= 4 is 32.6 Å². The quantitative estimate of drug-likeness (QED) is 0.306. The lowest BCUT2D eigenvalue weighted by atomic mass is 10.0. The first kappa shape index (κ1) is 21.9. The molecule has 0 aliphatic carbocycles. The molecule has 0 unspecified atom stereocenters. The van der Waals surface area contributed by atoms with Gasteiger partial charge < -0.3 is 14.8 Å². The molecule has 0 aliphatic heterocycles. The fourth-order valence-electron chi connectivity index (χ4n) is 3.55. The van der Waals surface area contributed by atoms with E-state index in [1.807, 2.05) is 61.5 Å². The Bertz CT molecular complexity index is 1220. The van der Waals surface area contributed by atoms with E-state index in [-0.39, 0.29) is 5.91 Å². The molecule has 0 radical (unpaired) electrons. The molecule has 4 aromatic carbocycles. The van der Waals surface area contributed by atoms with Crippen LogP contribution in [0.25, 0.3) is 10.8 Å². The SMILES string of the molecule is CCOc1c(Br)cc(C(=O)NCc2cccc3ccccc23)cc1OCc1ccccc1. The maximum absolute atomic E-state index is 13.0. The van der Waals surface area contributed by atoms with Crippen LogP contribution in [-0.2, 0) is 13.2 Å². The third-order valence-electron chi connectivity index (χ3n) is 5.12. The molecule has 0 aliphatic rings. The average molecular weight is 490 g/mol. The van der Waals surface area contributed by atoms with Crippen LogP contribution in [0.1, 0.15) is 28.4 Å². The minimum atomic E-state index is -0.175.